The van der Waals surface area contributed by atoms with Gasteiger partial charge in [0, 0.05) is 40.1 Å². The zero-order valence-electron chi connectivity index (χ0n) is 19.0. The number of pyridine rings is 1. The van der Waals surface area contributed by atoms with Crippen LogP contribution in [0.5, 0.6) is 0 Å². The van der Waals surface area contributed by atoms with Crippen molar-refractivity contribution >= 4 is 28.3 Å². The lowest BCUT2D eigenvalue weighted by molar-refractivity contribution is -0.0943. The zero-order chi connectivity index (χ0) is 24.6. The predicted molar refractivity (Wildman–Crippen MR) is 136 cm³/mol. The highest BCUT2D eigenvalue weighted by molar-refractivity contribution is 6.31. The molecule has 1 aliphatic heterocycles. The summed E-state index contributed by atoms with van der Waals surface area (Å²) in [6.45, 7) is 1.05. The molecule has 7 heteroatoms. The SMILES string of the molecule is O=C(O)c1c(C(O)(c2ccccc2Cl)N2CCCCC2)n(-c2ccccc2)c(=O)c2ccccc12. The Bertz CT molecular complexity index is 1460. The Kier molecular flexibility index (Phi) is 6.19. The van der Waals surface area contributed by atoms with Crippen LogP contribution in [0.3, 0.4) is 0 Å². The molecule has 6 nitrogen and oxygen atoms in total. The topological polar surface area (TPSA) is 82.8 Å². The quantitative estimate of drug-likeness (QED) is 0.412. The van der Waals surface area contributed by atoms with Crippen molar-refractivity contribution in [2.75, 3.05) is 13.1 Å². The van der Waals surface area contributed by atoms with Gasteiger partial charge < -0.3 is 10.2 Å². The van der Waals surface area contributed by atoms with Crippen LogP contribution in [0.2, 0.25) is 5.02 Å². The van der Waals surface area contributed by atoms with Gasteiger partial charge in [-0.15, -0.1) is 0 Å². The van der Waals surface area contributed by atoms with Crippen molar-refractivity contribution < 1.29 is 15.0 Å². The summed E-state index contributed by atoms with van der Waals surface area (Å²) in [6, 6.07) is 22.3. The molecule has 0 bridgehead atoms. The highest BCUT2D eigenvalue weighted by Crippen LogP contribution is 2.42. The Hall–Kier alpha value is -3.45. The maximum atomic E-state index is 14.0. The number of likely N-dealkylation sites (tertiary alicyclic amines) is 1. The first kappa shape index (κ1) is 23.3. The van der Waals surface area contributed by atoms with E-state index in [4.69, 9.17) is 11.6 Å². The molecule has 3 aromatic carbocycles. The summed E-state index contributed by atoms with van der Waals surface area (Å²) in [6.07, 6.45) is 2.67. The molecule has 0 radical (unpaired) electrons. The molecular weight excluding hydrogens is 464 g/mol. The number of rotatable bonds is 5. The van der Waals surface area contributed by atoms with E-state index in [1.165, 1.54) is 4.57 Å². The number of hydrogen-bond acceptors (Lipinski definition) is 4. The summed E-state index contributed by atoms with van der Waals surface area (Å²) >= 11 is 6.64. The third-order valence-electron chi connectivity index (χ3n) is 6.71. The minimum Gasteiger partial charge on any atom is -0.478 e. The van der Waals surface area contributed by atoms with Crippen LogP contribution in [-0.4, -0.2) is 38.7 Å². The summed E-state index contributed by atoms with van der Waals surface area (Å²) in [4.78, 5) is 28.7. The van der Waals surface area contributed by atoms with Gasteiger partial charge in [-0.25, -0.2) is 4.79 Å². The third kappa shape index (κ3) is 3.84. The molecule has 1 aromatic heterocycles. The Morgan fingerprint density at radius 1 is 0.829 bits per heavy atom. The van der Waals surface area contributed by atoms with Gasteiger partial charge in [-0.2, -0.15) is 0 Å². The first-order valence-electron chi connectivity index (χ1n) is 11.6. The smallest absolute Gasteiger partial charge is 0.338 e. The number of aromatic nitrogens is 1. The van der Waals surface area contributed by atoms with Gasteiger partial charge in [-0.3, -0.25) is 14.3 Å². The fourth-order valence-corrected chi connectivity index (χ4v) is 5.40. The van der Waals surface area contributed by atoms with E-state index in [1.54, 1.807) is 72.8 Å². The first-order valence-corrected chi connectivity index (χ1v) is 12.0. The van der Waals surface area contributed by atoms with Gasteiger partial charge in [-0.1, -0.05) is 72.6 Å². The van der Waals surface area contributed by atoms with Crippen LogP contribution in [0, 0.1) is 0 Å². The van der Waals surface area contributed by atoms with Gasteiger partial charge in [0.15, 0.2) is 5.72 Å². The highest BCUT2D eigenvalue weighted by Gasteiger charge is 2.46. The molecule has 5 rings (SSSR count). The number of benzene rings is 3. The van der Waals surface area contributed by atoms with Crippen molar-refractivity contribution in [3.63, 3.8) is 0 Å². The number of carbonyl (C=O) groups is 1. The minimum atomic E-state index is -1.97. The summed E-state index contributed by atoms with van der Waals surface area (Å²) in [5.41, 5.74) is -1.72. The van der Waals surface area contributed by atoms with Crippen molar-refractivity contribution in [1.29, 1.82) is 0 Å². The van der Waals surface area contributed by atoms with Gasteiger partial charge in [0.25, 0.3) is 5.56 Å². The highest BCUT2D eigenvalue weighted by atomic mass is 35.5. The number of carboxylic acid groups (broad SMARTS) is 1. The van der Waals surface area contributed by atoms with Crippen molar-refractivity contribution in [2.24, 2.45) is 0 Å². The fourth-order valence-electron chi connectivity index (χ4n) is 5.13. The normalized spacial score (nSPS) is 16.2. The monoisotopic (exact) mass is 488 g/mol. The molecule has 2 N–H and O–H groups in total. The van der Waals surface area contributed by atoms with Gasteiger partial charge >= 0.3 is 5.97 Å². The van der Waals surface area contributed by atoms with Crippen LogP contribution in [-0.2, 0) is 5.72 Å². The number of halogens is 1. The molecule has 1 atom stereocenters. The number of nitrogens with zero attached hydrogens (tertiary/aromatic N) is 2. The Morgan fingerprint density at radius 3 is 2.09 bits per heavy atom. The third-order valence-corrected chi connectivity index (χ3v) is 7.04. The summed E-state index contributed by atoms with van der Waals surface area (Å²) in [5, 5.41) is 24.1. The Labute approximate surface area is 207 Å². The summed E-state index contributed by atoms with van der Waals surface area (Å²) < 4.78 is 1.34. The van der Waals surface area contributed by atoms with Crippen molar-refractivity contribution in [3.8, 4) is 5.69 Å². The second-order valence-corrected chi connectivity index (χ2v) is 9.16. The zero-order valence-corrected chi connectivity index (χ0v) is 19.8. The van der Waals surface area contributed by atoms with Crippen LogP contribution in [0.15, 0.2) is 83.7 Å². The summed E-state index contributed by atoms with van der Waals surface area (Å²) in [7, 11) is 0. The largest absolute Gasteiger partial charge is 0.478 e. The molecule has 1 unspecified atom stereocenters. The number of para-hydroxylation sites is 1. The van der Waals surface area contributed by atoms with E-state index in [9.17, 15) is 19.8 Å². The molecule has 0 spiro atoms. The molecule has 0 amide bonds. The van der Waals surface area contributed by atoms with Crippen LogP contribution in [0.1, 0.15) is 40.9 Å². The minimum absolute atomic E-state index is 0.0186. The van der Waals surface area contributed by atoms with Crippen LogP contribution >= 0.6 is 11.6 Å². The lowest BCUT2D eigenvalue weighted by Gasteiger charge is -2.44. The lowest BCUT2D eigenvalue weighted by atomic mass is 9.88. The van der Waals surface area contributed by atoms with Crippen molar-refractivity contribution in [3.05, 3.63) is 111 Å². The number of fused-ring (bicyclic) bond motifs is 1. The van der Waals surface area contributed by atoms with E-state index in [1.807, 2.05) is 11.0 Å². The lowest BCUT2D eigenvalue weighted by Crippen LogP contribution is -2.53. The number of aliphatic hydroxyl groups is 1. The molecule has 1 aliphatic rings. The molecule has 0 saturated carbocycles. The number of piperidine rings is 1. The Morgan fingerprint density at radius 2 is 1.43 bits per heavy atom. The first-order chi connectivity index (χ1) is 16.9. The van der Waals surface area contributed by atoms with E-state index in [2.05, 4.69) is 0 Å². The van der Waals surface area contributed by atoms with Gasteiger partial charge in [0.2, 0.25) is 0 Å². The van der Waals surface area contributed by atoms with Gasteiger partial charge in [0.05, 0.1) is 11.3 Å². The standard InChI is InChI=1S/C28H25ClN2O4/c29-23-16-8-7-15-22(23)28(35,30-17-9-2-10-18-30)25-24(27(33)34)20-13-5-6-14-21(20)26(32)31(25)19-11-3-1-4-12-19/h1,3-8,11-16,35H,2,9-10,17-18H2,(H,33,34). The molecule has 2 heterocycles. The fraction of sp³-hybridized carbons (Fsp3) is 0.214. The number of aromatic carboxylic acids is 1. The number of hydrogen-bond donors (Lipinski definition) is 2. The van der Waals surface area contributed by atoms with Gasteiger partial charge in [-0.05, 0) is 37.1 Å². The van der Waals surface area contributed by atoms with Crippen LogP contribution in [0.25, 0.3) is 16.5 Å². The van der Waals surface area contributed by atoms with E-state index >= 15 is 0 Å². The molecule has 4 aromatic rings. The molecule has 35 heavy (non-hydrogen) atoms. The molecule has 1 saturated heterocycles. The number of carboxylic acids is 1. The molecule has 0 aliphatic carbocycles. The average molecular weight is 489 g/mol. The second-order valence-electron chi connectivity index (χ2n) is 8.75. The van der Waals surface area contributed by atoms with E-state index in [0.717, 1.165) is 19.3 Å². The van der Waals surface area contributed by atoms with Crippen LogP contribution in [0.4, 0.5) is 0 Å². The van der Waals surface area contributed by atoms with Gasteiger partial charge in [0.1, 0.15) is 0 Å². The van der Waals surface area contributed by atoms with Crippen LogP contribution < -0.4 is 5.56 Å². The predicted octanol–water partition coefficient (Wildman–Crippen LogP) is 5.02. The Balaban J connectivity index is 2.01. The molecule has 178 valence electrons. The molecule has 1 fully saturated rings. The summed E-state index contributed by atoms with van der Waals surface area (Å²) in [5.74, 6) is -1.23. The molecular formula is C28H25ClN2O4. The van der Waals surface area contributed by atoms with Crippen molar-refractivity contribution in [2.45, 2.75) is 25.0 Å². The maximum Gasteiger partial charge on any atom is 0.338 e. The van der Waals surface area contributed by atoms with E-state index in [0.29, 0.717) is 24.3 Å². The second kappa shape index (κ2) is 9.30. The average Bonchev–Trinajstić information content (AvgIpc) is 2.89. The maximum absolute atomic E-state index is 14.0. The van der Waals surface area contributed by atoms with E-state index < -0.39 is 17.3 Å². The van der Waals surface area contributed by atoms with E-state index in [-0.39, 0.29) is 27.1 Å². The van der Waals surface area contributed by atoms with Crippen molar-refractivity contribution in [1.82, 2.24) is 9.47 Å².